The molecule has 23 heavy (non-hydrogen) atoms. The van der Waals surface area contributed by atoms with Gasteiger partial charge in [-0.15, -0.1) is 0 Å². The predicted molar refractivity (Wildman–Crippen MR) is 83.7 cm³/mol. The Hall–Kier alpha value is -3.29. The quantitative estimate of drug-likeness (QED) is 0.485. The Morgan fingerprint density at radius 1 is 1.26 bits per heavy atom. The van der Waals surface area contributed by atoms with E-state index in [0.717, 1.165) is 0 Å². The van der Waals surface area contributed by atoms with Crippen LogP contribution >= 0.6 is 0 Å². The predicted octanol–water partition coefficient (Wildman–Crippen LogP) is 2.30. The largest absolute Gasteiger partial charge is 0.324 e. The average Bonchev–Trinajstić information content (AvgIpc) is 2.53. The van der Waals surface area contributed by atoms with Crippen LogP contribution < -0.4 is 10.7 Å². The van der Waals surface area contributed by atoms with Crippen LogP contribution in [0, 0.1) is 15.9 Å². The first kappa shape index (κ1) is 16.1. The number of carbonyl (C=O) groups excluding carboxylic acids is 1. The summed E-state index contributed by atoms with van der Waals surface area (Å²) in [6.45, 7) is -0.111. The van der Waals surface area contributed by atoms with E-state index in [-0.39, 0.29) is 18.0 Å². The molecule has 0 atom stereocenters. The molecule has 0 bridgehead atoms. The molecule has 2 N–H and O–H groups in total. The fraction of sp³-hybridized carbons (Fsp3) is 0.0667. The molecule has 0 aliphatic rings. The molecule has 0 heterocycles. The van der Waals surface area contributed by atoms with E-state index in [0.29, 0.717) is 11.3 Å². The van der Waals surface area contributed by atoms with Crippen molar-refractivity contribution < 1.29 is 14.1 Å². The Labute approximate surface area is 131 Å². The maximum absolute atomic E-state index is 12.7. The van der Waals surface area contributed by atoms with Gasteiger partial charge >= 0.3 is 0 Å². The average molecular weight is 316 g/mol. The van der Waals surface area contributed by atoms with Crippen molar-refractivity contribution in [2.75, 3.05) is 11.9 Å². The lowest BCUT2D eigenvalue weighted by Crippen LogP contribution is -2.24. The zero-order valence-electron chi connectivity index (χ0n) is 11.9. The fourth-order valence-corrected chi connectivity index (χ4v) is 1.69. The molecular weight excluding hydrogens is 303 g/mol. The molecule has 2 aromatic rings. The molecule has 0 radical (unpaired) electrons. The van der Waals surface area contributed by atoms with E-state index in [1.165, 1.54) is 36.5 Å². The molecule has 0 saturated heterocycles. The number of carbonyl (C=O) groups is 1. The number of nitro groups is 1. The zero-order chi connectivity index (χ0) is 16.7. The van der Waals surface area contributed by atoms with Crippen LogP contribution in [0.2, 0.25) is 0 Å². The number of benzene rings is 2. The Morgan fingerprint density at radius 3 is 2.70 bits per heavy atom. The topological polar surface area (TPSA) is 96.6 Å². The van der Waals surface area contributed by atoms with Crippen molar-refractivity contribution >= 4 is 23.5 Å². The van der Waals surface area contributed by atoms with Crippen molar-refractivity contribution in [2.45, 2.75) is 0 Å². The molecular formula is C15H13FN4O3. The second-order valence-electron chi connectivity index (χ2n) is 4.50. The number of nitro benzene ring substituents is 1. The highest BCUT2D eigenvalue weighted by molar-refractivity contribution is 5.92. The second kappa shape index (κ2) is 7.64. The summed E-state index contributed by atoms with van der Waals surface area (Å²) < 4.78 is 12.7. The van der Waals surface area contributed by atoms with Crippen molar-refractivity contribution in [1.29, 1.82) is 0 Å². The van der Waals surface area contributed by atoms with Crippen molar-refractivity contribution in [3.05, 3.63) is 70.0 Å². The zero-order valence-corrected chi connectivity index (χ0v) is 11.9. The molecule has 1 amide bonds. The minimum Gasteiger partial charge on any atom is -0.324 e. The monoisotopic (exact) mass is 316 g/mol. The van der Waals surface area contributed by atoms with Gasteiger partial charge in [0, 0.05) is 17.8 Å². The lowest BCUT2D eigenvalue weighted by atomic mass is 10.2. The highest BCUT2D eigenvalue weighted by Gasteiger charge is 2.07. The molecule has 2 aromatic carbocycles. The lowest BCUT2D eigenvalue weighted by molar-refractivity contribution is -0.384. The Morgan fingerprint density at radius 2 is 2.00 bits per heavy atom. The molecule has 0 aliphatic heterocycles. The third kappa shape index (κ3) is 5.20. The first-order valence-electron chi connectivity index (χ1n) is 6.60. The third-order valence-corrected chi connectivity index (χ3v) is 2.76. The second-order valence-corrected chi connectivity index (χ2v) is 4.50. The molecule has 0 fully saturated rings. The van der Waals surface area contributed by atoms with E-state index < -0.39 is 10.8 Å². The Kier molecular flexibility index (Phi) is 5.35. The van der Waals surface area contributed by atoms with Gasteiger partial charge in [-0.3, -0.25) is 14.9 Å². The standard InChI is InChI=1S/C15H13FN4O3/c16-12-6-4-11(5-7-12)9-17-18-10-15(21)19-13-2-1-3-14(8-13)20(22)23/h1-9,18H,10H2,(H,19,21)/b17-9-. The van der Waals surface area contributed by atoms with Crippen LogP contribution in [0.5, 0.6) is 0 Å². The van der Waals surface area contributed by atoms with E-state index in [9.17, 15) is 19.3 Å². The van der Waals surface area contributed by atoms with E-state index >= 15 is 0 Å². The number of hydrogen-bond acceptors (Lipinski definition) is 5. The lowest BCUT2D eigenvalue weighted by Gasteiger charge is -2.04. The van der Waals surface area contributed by atoms with Gasteiger partial charge in [0.25, 0.3) is 5.69 Å². The first-order valence-corrected chi connectivity index (χ1v) is 6.60. The van der Waals surface area contributed by atoms with E-state index in [4.69, 9.17) is 0 Å². The molecule has 118 valence electrons. The van der Waals surface area contributed by atoms with Crippen LogP contribution in [0.1, 0.15) is 5.56 Å². The maximum Gasteiger partial charge on any atom is 0.271 e. The number of halogens is 1. The normalized spacial score (nSPS) is 10.5. The van der Waals surface area contributed by atoms with Crippen LogP contribution in [0.15, 0.2) is 53.6 Å². The third-order valence-electron chi connectivity index (χ3n) is 2.76. The molecule has 7 nitrogen and oxygen atoms in total. The van der Waals surface area contributed by atoms with E-state index in [1.807, 2.05) is 0 Å². The van der Waals surface area contributed by atoms with Gasteiger partial charge < -0.3 is 10.7 Å². The number of nitrogens with one attached hydrogen (secondary N) is 2. The van der Waals surface area contributed by atoms with Crippen molar-refractivity contribution in [1.82, 2.24) is 5.43 Å². The minimum atomic E-state index is -0.541. The molecule has 0 aromatic heterocycles. The summed E-state index contributed by atoms with van der Waals surface area (Å²) in [5.41, 5.74) is 3.44. The van der Waals surface area contributed by atoms with Crippen LogP contribution in [0.3, 0.4) is 0 Å². The van der Waals surface area contributed by atoms with Crippen molar-refractivity contribution in [2.24, 2.45) is 5.10 Å². The first-order chi connectivity index (χ1) is 11.0. The van der Waals surface area contributed by atoms with Gasteiger partial charge in [-0.2, -0.15) is 5.10 Å². The number of amides is 1. The smallest absolute Gasteiger partial charge is 0.271 e. The molecule has 0 unspecified atom stereocenters. The fourth-order valence-electron chi connectivity index (χ4n) is 1.69. The van der Waals surface area contributed by atoms with Gasteiger partial charge in [0.05, 0.1) is 11.1 Å². The Balaban J connectivity index is 1.82. The molecule has 0 aliphatic carbocycles. The number of hydrogen-bond donors (Lipinski definition) is 2. The van der Waals surface area contributed by atoms with Gasteiger partial charge in [-0.05, 0) is 23.8 Å². The summed E-state index contributed by atoms with van der Waals surface area (Å²) >= 11 is 0. The van der Waals surface area contributed by atoms with Crippen LogP contribution in [0.4, 0.5) is 15.8 Å². The number of nitrogens with zero attached hydrogens (tertiary/aromatic N) is 2. The van der Waals surface area contributed by atoms with Crippen molar-refractivity contribution in [3.8, 4) is 0 Å². The summed E-state index contributed by atoms with van der Waals surface area (Å²) in [6, 6.07) is 11.3. The number of hydrazone groups is 1. The van der Waals surface area contributed by atoms with Gasteiger partial charge in [-0.1, -0.05) is 18.2 Å². The summed E-state index contributed by atoms with van der Waals surface area (Å²) in [6.07, 6.45) is 1.44. The summed E-state index contributed by atoms with van der Waals surface area (Å²) in [7, 11) is 0. The Bertz CT molecular complexity index is 732. The summed E-state index contributed by atoms with van der Waals surface area (Å²) in [5.74, 6) is -0.742. The number of non-ortho nitro benzene ring substituents is 1. The molecule has 8 heteroatoms. The highest BCUT2D eigenvalue weighted by Crippen LogP contribution is 2.16. The van der Waals surface area contributed by atoms with Crippen molar-refractivity contribution in [3.63, 3.8) is 0 Å². The van der Waals surface area contributed by atoms with Gasteiger partial charge in [0.1, 0.15) is 12.4 Å². The van der Waals surface area contributed by atoms with Gasteiger partial charge in [0.2, 0.25) is 5.91 Å². The number of rotatable bonds is 6. The minimum absolute atomic E-state index is 0.106. The van der Waals surface area contributed by atoms with Crippen LogP contribution in [0.25, 0.3) is 0 Å². The maximum atomic E-state index is 12.7. The number of anilines is 1. The molecule has 0 saturated carbocycles. The van der Waals surface area contributed by atoms with Gasteiger partial charge in [0.15, 0.2) is 0 Å². The van der Waals surface area contributed by atoms with Crippen LogP contribution in [-0.4, -0.2) is 23.6 Å². The van der Waals surface area contributed by atoms with Crippen LogP contribution in [-0.2, 0) is 4.79 Å². The molecule has 0 spiro atoms. The van der Waals surface area contributed by atoms with Gasteiger partial charge in [-0.25, -0.2) is 4.39 Å². The summed E-state index contributed by atoms with van der Waals surface area (Å²) in [5, 5.41) is 17.0. The SMILES string of the molecule is O=C(CN/N=C\c1ccc(F)cc1)Nc1cccc([N+](=O)[O-])c1. The highest BCUT2D eigenvalue weighted by atomic mass is 19.1. The molecule has 2 rings (SSSR count). The van der Waals surface area contributed by atoms with E-state index in [2.05, 4.69) is 15.8 Å². The van der Waals surface area contributed by atoms with E-state index in [1.54, 1.807) is 18.2 Å². The summed E-state index contributed by atoms with van der Waals surface area (Å²) in [4.78, 5) is 21.8.